The molecule has 2 fully saturated rings. The Balaban J connectivity index is 1.70. The Bertz CT molecular complexity index is 641. The second kappa shape index (κ2) is 6.68. The molecule has 0 radical (unpaired) electrons. The maximum absolute atomic E-state index is 11.0. The van der Waals surface area contributed by atoms with E-state index in [1.807, 2.05) is 24.3 Å². The molecular weight excluding hydrogens is 341 g/mol. The predicted molar refractivity (Wildman–Crippen MR) is 98.4 cm³/mol. The summed E-state index contributed by atoms with van der Waals surface area (Å²) in [6.07, 6.45) is 3.01. The summed E-state index contributed by atoms with van der Waals surface area (Å²) >= 11 is 12.1. The maximum atomic E-state index is 11.0. The Morgan fingerprint density at radius 1 is 0.750 bits per heavy atom. The van der Waals surface area contributed by atoms with Crippen LogP contribution in [0, 0.1) is 11.8 Å². The highest BCUT2D eigenvalue weighted by atomic mass is 35.5. The van der Waals surface area contributed by atoms with Crippen molar-refractivity contribution in [3.05, 3.63) is 69.7 Å². The van der Waals surface area contributed by atoms with E-state index in [-0.39, 0.29) is 30.0 Å². The van der Waals surface area contributed by atoms with Gasteiger partial charge in [-0.3, -0.25) is 0 Å². The van der Waals surface area contributed by atoms with E-state index in [0.717, 1.165) is 22.9 Å². The number of aliphatic hydroxyl groups is 1. The molecule has 2 aromatic carbocycles. The van der Waals surface area contributed by atoms with Crippen molar-refractivity contribution >= 4 is 23.2 Å². The molecule has 4 rings (SSSR count). The zero-order valence-electron chi connectivity index (χ0n) is 13.3. The van der Waals surface area contributed by atoms with Gasteiger partial charge in [0.05, 0.1) is 6.10 Å². The first-order chi connectivity index (χ1) is 11.6. The molecule has 1 aliphatic heterocycles. The molecule has 2 aliphatic rings. The normalized spacial score (nSPS) is 32.5. The van der Waals surface area contributed by atoms with Crippen LogP contribution in [-0.4, -0.2) is 11.2 Å². The summed E-state index contributed by atoms with van der Waals surface area (Å²) in [5.41, 5.74) is 2.39. The topological polar surface area (TPSA) is 32.3 Å². The van der Waals surface area contributed by atoms with Gasteiger partial charge >= 0.3 is 0 Å². The third-order valence-electron chi connectivity index (χ3n) is 5.63. The molecule has 0 aromatic heterocycles. The lowest BCUT2D eigenvalue weighted by Crippen LogP contribution is -2.52. The van der Waals surface area contributed by atoms with Crippen LogP contribution in [0.3, 0.4) is 0 Å². The van der Waals surface area contributed by atoms with Crippen molar-refractivity contribution in [3.8, 4) is 0 Å². The van der Waals surface area contributed by atoms with Crippen LogP contribution < -0.4 is 5.32 Å². The first kappa shape index (κ1) is 16.4. The predicted octanol–water partition coefficient (Wildman–Crippen LogP) is 5.16. The zero-order valence-corrected chi connectivity index (χ0v) is 14.8. The Hall–Kier alpha value is -1.06. The third-order valence-corrected chi connectivity index (χ3v) is 6.13. The minimum absolute atomic E-state index is 0.148. The number of halogens is 2. The van der Waals surface area contributed by atoms with Crippen molar-refractivity contribution in [2.24, 2.45) is 11.8 Å². The first-order valence-electron chi connectivity index (χ1n) is 8.58. The summed E-state index contributed by atoms with van der Waals surface area (Å²) in [5, 5.41) is 16.3. The molecule has 2 N–H and O–H groups in total. The largest absolute Gasteiger partial charge is 0.392 e. The standard InChI is InChI=1S/C20H21Cl2NO/c21-14-8-4-12(5-9-14)18-16-2-1-3-17(20(16)24)19(23-18)13-6-10-15(22)11-7-13/h4-11,16-20,23-24H,1-3H2. The summed E-state index contributed by atoms with van der Waals surface area (Å²) < 4.78 is 0. The number of piperidine rings is 1. The van der Waals surface area contributed by atoms with Gasteiger partial charge in [-0.15, -0.1) is 0 Å². The summed E-state index contributed by atoms with van der Waals surface area (Å²) in [4.78, 5) is 0. The van der Waals surface area contributed by atoms with E-state index in [4.69, 9.17) is 23.2 Å². The number of benzene rings is 2. The Labute approximate surface area is 152 Å². The average molecular weight is 362 g/mol. The van der Waals surface area contributed by atoms with Crippen LogP contribution in [0.25, 0.3) is 0 Å². The van der Waals surface area contributed by atoms with E-state index in [9.17, 15) is 5.11 Å². The van der Waals surface area contributed by atoms with Gasteiger partial charge in [0.25, 0.3) is 0 Å². The number of hydrogen-bond donors (Lipinski definition) is 2. The van der Waals surface area contributed by atoms with Gasteiger partial charge < -0.3 is 10.4 Å². The summed E-state index contributed by atoms with van der Waals surface area (Å²) in [6, 6.07) is 16.3. The molecule has 24 heavy (non-hydrogen) atoms. The van der Waals surface area contributed by atoms with Crippen LogP contribution in [0.4, 0.5) is 0 Å². The molecular formula is C20H21Cl2NO. The van der Waals surface area contributed by atoms with E-state index >= 15 is 0 Å². The molecule has 4 unspecified atom stereocenters. The van der Waals surface area contributed by atoms with E-state index in [1.54, 1.807) is 0 Å². The maximum Gasteiger partial charge on any atom is 0.0632 e. The Kier molecular flexibility index (Phi) is 4.57. The zero-order chi connectivity index (χ0) is 16.7. The minimum atomic E-state index is -0.277. The van der Waals surface area contributed by atoms with Crippen molar-refractivity contribution in [1.82, 2.24) is 5.32 Å². The van der Waals surface area contributed by atoms with Gasteiger partial charge in [0, 0.05) is 34.0 Å². The second-order valence-electron chi connectivity index (χ2n) is 6.97. The fourth-order valence-electron chi connectivity index (χ4n) is 4.44. The second-order valence-corrected chi connectivity index (χ2v) is 7.85. The quantitative estimate of drug-likeness (QED) is 0.774. The number of nitrogens with one attached hydrogen (secondary N) is 1. The monoisotopic (exact) mass is 361 g/mol. The van der Waals surface area contributed by atoms with Gasteiger partial charge in [-0.1, -0.05) is 53.9 Å². The molecule has 1 saturated carbocycles. The SMILES string of the molecule is OC1C2CCCC1C(c1ccc(Cl)cc1)NC2c1ccc(Cl)cc1. The summed E-state index contributed by atoms with van der Waals surface area (Å²) in [5.74, 6) is 0.516. The smallest absolute Gasteiger partial charge is 0.0632 e. The number of fused-ring (bicyclic) bond motifs is 2. The van der Waals surface area contributed by atoms with Gasteiger partial charge in [0.15, 0.2) is 0 Å². The van der Waals surface area contributed by atoms with Crippen LogP contribution in [0.2, 0.25) is 10.0 Å². The molecule has 2 nitrogen and oxygen atoms in total. The van der Waals surface area contributed by atoms with Crippen LogP contribution in [0.15, 0.2) is 48.5 Å². The van der Waals surface area contributed by atoms with E-state index in [2.05, 4.69) is 29.6 Å². The fraction of sp³-hybridized carbons (Fsp3) is 0.400. The van der Waals surface area contributed by atoms with Gasteiger partial charge in [0.2, 0.25) is 0 Å². The molecule has 2 bridgehead atoms. The van der Waals surface area contributed by atoms with Crippen molar-refractivity contribution < 1.29 is 5.11 Å². The molecule has 4 atom stereocenters. The first-order valence-corrected chi connectivity index (χ1v) is 9.34. The van der Waals surface area contributed by atoms with Crippen molar-refractivity contribution in [3.63, 3.8) is 0 Å². The van der Waals surface area contributed by atoms with Crippen LogP contribution in [-0.2, 0) is 0 Å². The number of aliphatic hydroxyl groups excluding tert-OH is 1. The van der Waals surface area contributed by atoms with Crippen LogP contribution in [0.1, 0.15) is 42.5 Å². The minimum Gasteiger partial charge on any atom is -0.392 e. The van der Waals surface area contributed by atoms with Crippen molar-refractivity contribution in [2.75, 3.05) is 0 Å². The number of hydrogen-bond acceptors (Lipinski definition) is 2. The van der Waals surface area contributed by atoms with E-state index in [0.29, 0.717) is 0 Å². The van der Waals surface area contributed by atoms with Gasteiger partial charge in [-0.25, -0.2) is 0 Å². The van der Waals surface area contributed by atoms with Gasteiger partial charge in [-0.05, 0) is 48.2 Å². The molecule has 0 amide bonds. The molecule has 4 heteroatoms. The molecule has 1 aliphatic carbocycles. The molecule has 0 spiro atoms. The van der Waals surface area contributed by atoms with E-state index in [1.165, 1.54) is 17.5 Å². The Morgan fingerprint density at radius 3 is 1.58 bits per heavy atom. The summed E-state index contributed by atoms with van der Waals surface area (Å²) in [7, 11) is 0. The molecule has 1 saturated heterocycles. The molecule has 126 valence electrons. The lowest BCUT2D eigenvalue weighted by molar-refractivity contribution is -0.0517. The van der Waals surface area contributed by atoms with E-state index < -0.39 is 0 Å². The molecule has 1 heterocycles. The molecule has 2 aromatic rings. The van der Waals surface area contributed by atoms with Crippen molar-refractivity contribution in [2.45, 2.75) is 37.5 Å². The highest BCUT2D eigenvalue weighted by molar-refractivity contribution is 6.30. The highest BCUT2D eigenvalue weighted by Crippen LogP contribution is 2.48. The fourth-order valence-corrected chi connectivity index (χ4v) is 4.70. The lowest BCUT2D eigenvalue weighted by atomic mass is 9.66. The lowest BCUT2D eigenvalue weighted by Gasteiger charge is -2.50. The Morgan fingerprint density at radius 2 is 1.17 bits per heavy atom. The van der Waals surface area contributed by atoms with Crippen molar-refractivity contribution in [1.29, 1.82) is 0 Å². The third kappa shape index (κ3) is 2.97. The van der Waals surface area contributed by atoms with Gasteiger partial charge in [0.1, 0.15) is 0 Å². The van der Waals surface area contributed by atoms with Crippen LogP contribution >= 0.6 is 23.2 Å². The number of rotatable bonds is 2. The van der Waals surface area contributed by atoms with Gasteiger partial charge in [-0.2, -0.15) is 0 Å². The highest BCUT2D eigenvalue weighted by Gasteiger charge is 2.46. The average Bonchev–Trinajstić information content (AvgIpc) is 2.57. The van der Waals surface area contributed by atoms with Crippen LogP contribution in [0.5, 0.6) is 0 Å². The summed E-state index contributed by atoms with van der Waals surface area (Å²) in [6.45, 7) is 0.